The van der Waals surface area contributed by atoms with Gasteiger partial charge in [-0.15, -0.1) is 0 Å². The van der Waals surface area contributed by atoms with Crippen molar-refractivity contribution in [2.24, 2.45) is 11.5 Å². The van der Waals surface area contributed by atoms with Crippen LogP contribution in [0.3, 0.4) is 0 Å². The Bertz CT molecular complexity index is 162. The molecule has 0 aromatic heterocycles. The van der Waals surface area contributed by atoms with Gasteiger partial charge in [-0.3, -0.25) is 0 Å². The van der Waals surface area contributed by atoms with Crippen molar-refractivity contribution in [3.8, 4) is 0 Å². The molecule has 2 unspecified atom stereocenters. The van der Waals surface area contributed by atoms with E-state index in [0.717, 1.165) is 0 Å². The first-order valence-electron chi connectivity index (χ1n) is 4.16. The van der Waals surface area contributed by atoms with Crippen molar-refractivity contribution in [2.45, 2.75) is 26.1 Å². The molecule has 9 heteroatoms. The molecule has 0 aromatic rings. The van der Waals surface area contributed by atoms with Crippen molar-refractivity contribution in [3.63, 3.8) is 0 Å². The molecule has 0 saturated heterocycles. The summed E-state index contributed by atoms with van der Waals surface area (Å²) in [6, 6.07) is 0. The maximum absolute atomic E-state index is 8.24. The Labute approximate surface area is 123 Å². The number of nitrogens with two attached hydrogens (primary N) is 2. The van der Waals surface area contributed by atoms with Crippen LogP contribution in [-0.4, -0.2) is 45.8 Å². The molecular weight excluding hydrogens is 307 g/mol. The minimum atomic E-state index is -0.338. The van der Waals surface area contributed by atoms with Gasteiger partial charge in [-0.1, -0.05) is 24.4 Å². The number of nitrogens with zero attached hydrogens (tertiary/aromatic N) is 2. The Morgan fingerprint density at radius 2 is 1.06 bits per heavy atom. The Kier molecular flexibility index (Phi) is 63.9. The fraction of sp³-hybridized carbons (Fsp3) is 0.750. The normalized spacial score (nSPS) is 9.76. The van der Waals surface area contributed by atoms with E-state index in [0.29, 0.717) is 13.1 Å². The van der Waals surface area contributed by atoms with Gasteiger partial charge in [0, 0.05) is 29.6 Å². The van der Waals surface area contributed by atoms with Crippen LogP contribution in [0, 0.1) is 0 Å². The van der Waals surface area contributed by atoms with E-state index in [-0.39, 0.29) is 28.7 Å². The monoisotopic (exact) mass is 324 g/mol. The minimum Gasteiger partial charge on any atom is -0.753 e. The SMILES string of the molecule is CC(O)CN.CC(O)CN.[N-]=C=S.[N-]=C=S.[Ni]. The quantitative estimate of drug-likeness (QED) is 0.319. The fourth-order valence-corrected chi connectivity index (χ4v) is 0. The van der Waals surface area contributed by atoms with E-state index in [1.54, 1.807) is 13.8 Å². The first-order valence-corrected chi connectivity index (χ1v) is 4.98. The zero-order chi connectivity index (χ0) is 14.0. The number of aliphatic hydroxyl groups excluding tert-OH is 2. The van der Waals surface area contributed by atoms with Gasteiger partial charge in [0.15, 0.2) is 0 Å². The van der Waals surface area contributed by atoms with Crippen LogP contribution in [0.15, 0.2) is 0 Å². The molecule has 106 valence electrons. The average Bonchev–Trinajstić information content (AvgIpc) is 2.21. The van der Waals surface area contributed by atoms with Gasteiger partial charge in [-0.05, 0) is 13.8 Å². The van der Waals surface area contributed by atoms with Gasteiger partial charge in [0.05, 0.1) is 12.2 Å². The molecule has 0 spiro atoms. The summed E-state index contributed by atoms with van der Waals surface area (Å²) in [7, 11) is 0. The number of hydrogen-bond donors (Lipinski definition) is 4. The summed E-state index contributed by atoms with van der Waals surface area (Å²) >= 11 is 7.40. The molecule has 6 nitrogen and oxygen atoms in total. The van der Waals surface area contributed by atoms with Gasteiger partial charge in [0.2, 0.25) is 0 Å². The van der Waals surface area contributed by atoms with Crippen LogP contribution in [0.1, 0.15) is 13.8 Å². The van der Waals surface area contributed by atoms with Crippen LogP contribution in [0.5, 0.6) is 0 Å². The molecule has 0 aliphatic rings. The van der Waals surface area contributed by atoms with Gasteiger partial charge in [0.25, 0.3) is 0 Å². The van der Waals surface area contributed by atoms with Crippen molar-refractivity contribution in [3.05, 3.63) is 10.8 Å². The average molecular weight is 325 g/mol. The molecule has 17 heavy (non-hydrogen) atoms. The molecule has 2 atom stereocenters. The predicted molar refractivity (Wildman–Crippen MR) is 73.4 cm³/mol. The maximum Gasteiger partial charge on any atom is 0.0634 e. The van der Waals surface area contributed by atoms with E-state index in [2.05, 4.69) is 24.4 Å². The second kappa shape index (κ2) is 36.0. The van der Waals surface area contributed by atoms with Gasteiger partial charge in [0.1, 0.15) is 0 Å². The maximum atomic E-state index is 8.24. The van der Waals surface area contributed by atoms with Crippen molar-refractivity contribution < 1.29 is 26.7 Å². The molecule has 0 radical (unpaired) electrons. The molecule has 0 bridgehead atoms. The summed E-state index contributed by atoms with van der Waals surface area (Å²) in [6.45, 7) is 4.03. The Balaban J connectivity index is -0.0000000381. The smallest absolute Gasteiger partial charge is 0.0634 e. The van der Waals surface area contributed by atoms with Crippen LogP contribution in [0.2, 0.25) is 0 Å². The minimum absolute atomic E-state index is 0. The van der Waals surface area contributed by atoms with Gasteiger partial charge in [-0.25, -0.2) is 0 Å². The molecular formula is C8H18N4NiO2S2-2. The zero-order valence-electron chi connectivity index (χ0n) is 9.65. The first-order chi connectivity index (χ1) is 7.37. The largest absolute Gasteiger partial charge is 0.753 e. The predicted octanol–water partition coefficient (Wildman–Crippen LogP) is -0.0335. The molecule has 0 saturated carbocycles. The Morgan fingerprint density at radius 1 is 1.00 bits per heavy atom. The summed E-state index contributed by atoms with van der Waals surface area (Å²) in [4.78, 5) is 0. The van der Waals surface area contributed by atoms with Crippen molar-refractivity contribution in [1.29, 1.82) is 0 Å². The van der Waals surface area contributed by atoms with Gasteiger partial charge >= 0.3 is 0 Å². The molecule has 0 aliphatic heterocycles. The van der Waals surface area contributed by atoms with E-state index in [9.17, 15) is 0 Å². The van der Waals surface area contributed by atoms with Crippen molar-refractivity contribution >= 4 is 34.8 Å². The number of aliphatic hydroxyl groups is 2. The Morgan fingerprint density at radius 3 is 1.06 bits per heavy atom. The summed E-state index contributed by atoms with van der Waals surface area (Å²) in [5.74, 6) is 0. The first kappa shape index (κ1) is 30.2. The van der Waals surface area contributed by atoms with Crippen LogP contribution in [-0.2, 0) is 16.5 Å². The zero-order valence-corrected chi connectivity index (χ0v) is 12.3. The Hall–Kier alpha value is -0.0665. The summed E-state index contributed by atoms with van der Waals surface area (Å²) in [5, 5.41) is 33.4. The van der Waals surface area contributed by atoms with Crippen LogP contribution < -0.4 is 11.5 Å². The number of thiocarbonyl (C=S) groups is 2. The van der Waals surface area contributed by atoms with Crippen molar-refractivity contribution in [2.75, 3.05) is 13.1 Å². The second-order valence-electron chi connectivity index (χ2n) is 2.35. The van der Waals surface area contributed by atoms with Gasteiger partial charge < -0.3 is 32.5 Å². The summed E-state index contributed by atoms with van der Waals surface area (Å²) < 4.78 is 0. The molecule has 0 aromatic carbocycles. The molecule has 0 aliphatic carbocycles. The third-order valence-corrected chi connectivity index (χ3v) is 0.682. The van der Waals surface area contributed by atoms with E-state index in [1.807, 2.05) is 0 Å². The van der Waals surface area contributed by atoms with E-state index in [4.69, 9.17) is 32.5 Å². The summed E-state index contributed by atoms with van der Waals surface area (Å²) in [6.07, 6.45) is -0.676. The molecule has 0 rings (SSSR count). The topological polar surface area (TPSA) is 137 Å². The molecule has 0 fully saturated rings. The number of hydrogen-bond acceptors (Lipinski definition) is 6. The fourth-order valence-electron chi connectivity index (χ4n) is 0. The van der Waals surface area contributed by atoms with E-state index >= 15 is 0 Å². The third kappa shape index (κ3) is 200. The molecule has 6 N–H and O–H groups in total. The number of isothiocyanates is 2. The van der Waals surface area contributed by atoms with Crippen LogP contribution >= 0.6 is 24.4 Å². The molecule has 0 heterocycles. The van der Waals surface area contributed by atoms with Crippen LogP contribution in [0.4, 0.5) is 0 Å². The number of rotatable bonds is 2. The van der Waals surface area contributed by atoms with Crippen molar-refractivity contribution in [1.82, 2.24) is 0 Å². The van der Waals surface area contributed by atoms with Gasteiger partial charge in [-0.2, -0.15) is 10.3 Å². The molecule has 0 amide bonds. The van der Waals surface area contributed by atoms with E-state index < -0.39 is 0 Å². The second-order valence-corrected chi connectivity index (χ2v) is 2.72. The van der Waals surface area contributed by atoms with Crippen LogP contribution in [0.25, 0.3) is 10.8 Å². The van der Waals surface area contributed by atoms with E-state index in [1.165, 1.54) is 10.3 Å². The summed E-state index contributed by atoms with van der Waals surface area (Å²) in [5.41, 5.74) is 9.84. The standard InChI is InChI=1S/2C3H9NO.2CNS.Ni/c2*1-3(5)2-4;2*2-1-3;/h2*3,5H,2,4H2,1H3;;;/q;;2*-1;. The third-order valence-electron chi connectivity index (χ3n) is 0.682.